The van der Waals surface area contributed by atoms with Crippen LogP contribution < -0.4 is 5.32 Å². The second-order valence-electron chi connectivity index (χ2n) is 4.33. The Morgan fingerprint density at radius 2 is 2.21 bits per heavy atom. The van der Waals surface area contributed by atoms with Gasteiger partial charge in [0.25, 0.3) is 0 Å². The summed E-state index contributed by atoms with van der Waals surface area (Å²) in [6.45, 7) is 5.34. The van der Waals surface area contributed by atoms with E-state index >= 15 is 0 Å². The van der Waals surface area contributed by atoms with Gasteiger partial charge in [0.05, 0.1) is 13.2 Å². The summed E-state index contributed by atoms with van der Waals surface area (Å²) >= 11 is 5.91. The van der Waals surface area contributed by atoms with Crippen LogP contribution >= 0.6 is 11.6 Å². The van der Waals surface area contributed by atoms with E-state index in [1.54, 1.807) is 0 Å². The first-order valence-corrected chi connectivity index (χ1v) is 6.61. The van der Waals surface area contributed by atoms with Crippen LogP contribution in [0.25, 0.3) is 11.5 Å². The lowest BCUT2D eigenvalue weighted by atomic mass is 10.3. The fraction of sp³-hybridized carbons (Fsp3) is 0.545. The maximum absolute atomic E-state index is 5.91. The molecule has 0 bridgehead atoms. The highest BCUT2D eigenvalue weighted by Gasteiger charge is 2.15. The summed E-state index contributed by atoms with van der Waals surface area (Å²) in [5, 5.41) is 3.60. The van der Waals surface area contributed by atoms with Crippen LogP contribution in [0.5, 0.6) is 0 Å². The molecule has 0 aromatic carbocycles. The zero-order chi connectivity index (χ0) is 13.1. The minimum atomic E-state index is 0.307. The van der Waals surface area contributed by atoms with Gasteiger partial charge in [0, 0.05) is 26.2 Å². The lowest BCUT2D eigenvalue weighted by Crippen LogP contribution is -2.39. The number of aromatic nitrogens is 4. The normalized spacial score (nSPS) is 16.9. The third-order valence-corrected chi connectivity index (χ3v) is 3.26. The fourth-order valence-electron chi connectivity index (χ4n) is 2.09. The van der Waals surface area contributed by atoms with Crippen molar-refractivity contribution in [3.05, 3.63) is 11.6 Å². The molecule has 19 heavy (non-hydrogen) atoms. The number of anilines is 1. The summed E-state index contributed by atoms with van der Waals surface area (Å²) in [4.78, 5) is 17.6. The minimum absolute atomic E-state index is 0.307. The Hall–Kier alpha value is -1.44. The van der Waals surface area contributed by atoms with Gasteiger partial charge >= 0.3 is 0 Å². The largest absolute Gasteiger partial charge is 0.379 e. The third kappa shape index (κ3) is 2.94. The number of hydrogen-bond donors (Lipinski definition) is 2. The first-order valence-electron chi connectivity index (χ1n) is 6.23. The minimum Gasteiger partial charge on any atom is -0.379 e. The molecule has 1 saturated heterocycles. The van der Waals surface area contributed by atoms with E-state index in [1.807, 2.05) is 0 Å². The first-order chi connectivity index (χ1) is 9.33. The molecule has 3 rings (SSSR count). The summed E-state index contributed by atoms with van der Waals surface area (Å²) in [7, 11) is 0. The maximum Gasteiger partial charge on any atom is 0.203 e. The van der Waals surface area contributed by atoms with Gasteiger partial charge in [0.2, 0.25) is 5.28 Å². The molecular formula is C11H15ClN6O. The summed E-state index contributed by atoms with van der Waals surface area (Å²) in [6.07, 6.45) is 1.48. The number of H-pyrrole nitrogens is 1. The molecule has 3 aliphatic rings. The average Bonchev–Trinajstić information content (AvgIpc) is 2.88. The molecule has 8 heteroatoms. The van der Waals surface area contributed by atoms with Crippen molar-refractivity contribution < 1.29 is 4.74 Å². The van der Waals surface area contributed by atoms with Gasteiger partial charge in [-0.1, -0.05) is 0 Å². The monoisotopic (exact) mass is 282 g/mol. The van der Waals surface area contributed by atoms with E-state index < -0.39 is 0 Å². The number of fused-ring (bicyclic) bond motifs is 1. The summed E-state index contributed by atoms with van der Waals surface area (Å²) < 4.78 is 5.32. The molecule has 0 spiro atoms. The van der Waals surface area contributed by atoms with Crippen molar-refractivity contribution in [2.24, 2.45) is 0 Å². The molecule has 7 nitrogen and oxygen atoms in total. The van der Waals surface area contributed by atoms with Crippen LogP contribution in [0.1, 0.15) is 0 Å². The van der Waals surface area contributed by atoms with Gasteiger partial charge in [-0.3, -0.25) is 4.90 Å². The Morgan fingerprint density at radius 3 is 3.05 bits per heavy atom. The Labute approximate surface area is 115 Å². The predicted octanol–water partition coefficient (Wildman–Crippen LogP) is 0.702. The Kier molecular flexibility index (Phi) is 3.77. The van der Waals surface area contributed by atoms with Crippen LogP contribution in [0.4, 0.5) is 5.82 Å². The SMILES string of the molecule is Clc1nc2ncnc-2c(NCCN2CCOCC2)[nH]1. The van der Waals surface area contributed by atoms with E-state index in [4.69, 9.17) is 16.3 Å². The second kappa shape index (κ2) is 5.68. The molecule has 3 heterocycles. The second-order valence-corrected chi connectivity index (χ2v) is 4.69. The average molecular weight is 283 g/mol. The molecular weight excluding hydrogens is 268 g/mol. The third-order valence-electron chi connectivity index (χ3n) is 3.08. The van der Waals surface area contributed by atoms with E-state index in [1.165, 1.54) is 6.33 Å². The molecule has 0 aliphatic carbocycles. The Bertz CT molecular complexity index is 512. The van der Waals surface area contributed by atoms with Gasteiger partial charge in [-0.25, -0.2) is 9.97 Å². The van der Waals surface area contributed by atoms with Crippen LogP contribution in [0, 0.1) is 0 Å². The predicted molar refractivity (Wildman–Crippen MR) is 71.6 cm³/mol. The smallest absolute Gasteiger partial charge is 0.203 e. The number of ether oxygens (including phenoxy) is 1. The number of imidazole rings is 1. The highest BCUT2D eigenvalue weighted by Crippen LogP contribution is 2.23. The van der Waals surface area contributed by atoms with Gasteiger partial charge in [0.1, 0.15) is 17.8 Å². The quantitative estimate of drug-likeness (QED) is 0.804. The number of halogens is 1. The standard InChI is InChI=1S/C11H15ClN6O/c12-11-16-9(8-10(17-11)15-7-14-8)13-1-2-18-3-5-19-6-4-18/h7H,1-6H2,(H2,13,14,15,16,17). The van der Waals surface area contributed by atoms with Crippen LogP contribution in [0.15, 0.2) is 6.33 Å². The van der Waals surface area contributed by atoms with E-state index in [2.05, 4.69) is 30.2 Å². The Morgan fingerprint density at radius 1 is 1.37 bits per heavy atom. The van der Waals surface area contributed by atoms with Crippen molar-refractivity contribution in [2.75, 3.05) is 44.7 Å². The molecule has 0 saturated carbocycles. The van der Waals surface area contributed by atoms with Gasteiger partial charge in [-0.2, -0.15) is 4.98 Å². The number of morpholine rings is 1. The van der Waals surface area contributed by atoms with E-state index in [-0.39, 0.29) is 0 Å². The van der Waals surface area contributed by atoms with Crippen molar-refractivity contribution in [3.63, 3.8) is 0 Å². The molecule has 0 aromatic rings. The zero-order valence-corrected chi connectivity index (χ0v) is 11.2. The van der Waals surface area contributed by atoms with Crippen LogP contribution in [-0.4, -0.2) is 64.2 Å². The molecule has 0 atom stereocenters. The van der Waals surface area contributed by atoms with Gasteiger partial charge in [-0.15, -0.1) is 0 Å². The topological polar surface area (TPSA) is 79.0 Å². The first kappa shape index (κ1) is 12.6. The molecule has 3 aliphatic heterocycles. The molecule has 1 fully saturated rings. The van der Waals surface area contributed by atoms with E-state index in [9.17, 15) is 0 Å². The number of aromatic amines is 1. The summed E-state index contributed by atoms with van der Waals surface area (Å²) in [6, 6.07) is 0. The summed E-state index contributed by atoms with van der Waals surface area (Å²) in [5.74, 6) is 1.32. The van der Waals surface area contributed by atoms with Crippen molar-refractivity contribution in [1.82, 2.24) is 24.8 Å². The van der Waals surface area contributed by atoms with Crippen LogP contribution in [0.3, 0.4) is 0 Å². The maximum atomic E-state index is 5.91. The van der Waals surface area contributed by atoms with E-state index in [0.29, 0.717) is 16.8 Å². The van der Waals surface area contributed by atoms with E-state index in [0.717, 1.165) is 45.2 Å². The number of nitrogens with one attached hydrogen (secondary N) is 2. The zero-order valence-electron chi connectivity index (χ0n) is 10.4. The fourth-order valence-corrected chi connectivity index (χ4v) is 2.27. The van der Waals surface area contributed by atoms with Crippen LogP contribution in [0.2, 0.25) is 5.28 Å². The molecule has 0 radical (unpaired) electrons. The molecule has 102 valence electrons. The molecule has 0 aromatic heterocycles. The highest BCUT2D eigenvalue weighted by molar-refractivity contribution is 6.28. The van der Waals surface area contributed by atoms with Crippen molar-refractivity contribution in [1.29, 1.82) is 0 Å². The molecule has 0 unspecified atom stereocenters. The lowest BCUT2D eigenvalue weighted by Gasteiger charge is -2.26. The number of nitrogens with zero attached hydrogens (tertiary/aromatic N) is 4. The van der Waals surface area contributed by atoms with Gasteiger partial charge in [-0.05, 0) is 11.6 Å². The number of hydrogen-bond acceptors (Lipinski definition) is 6. The van der Waals surface area contributed by atoms with Crippen molar-refractivity contribution >= 4 is 17.4 Å². The molecule has 0 amide bonds. The van der Waals surface area contributed by atoms with Gasteiger partial charge < -0.3 is 15.0 Å². The molecule has 2 N–H and O–H groups in total. The van der Waals surface area contributed by atoms with Crippen molar-refractivity contribution in [3.8, 4) is 11.5 Å². The van der Waals surface area contributed by atoms with Crippen molar-refractivity contribution in [2.45, 2.75) is 0 Å². The summed E-state index contributed by atoms with van der Waals surface area (Å²) in [5.41, 5.74) is 0.714. The van der Waals surface area contributed by atoms with Crippen LogP contribution in [-0.2, 0) is 4.74 Å². The lowest BCUT2D eigenvalue weighted by molar-refractivity contribution is 0.0398. The highest BCUT2D eigenvalue weighted by atomic mass is 35.5. The Balaban J connectivity index is 1.60. The number of rotatable bonds is 4. The van der Waals surface area contributed by atoms with Gasteiger partial charge in [0.15, 0.2) is 5.82 Å².